The summed E-state index contributed by atoms with van der Waals surface area (Å²) in [5.41, 5.74) is 4.38. The van der Waals surface area contributed by atoms with Crippen LogP contribution in [0, 0.1) is 0 Å². The topological polar surface area (TPSA) is 92.6 Å². The van der Waals surface area contributed by atoms with Gasteiger partial charge in [0.15, 0.2) is 15.5 Å². The lowest BCUT2D eigenvalue weighted by molar-refractivity contribution is -0.120. The highest BCUT2D eigenvalue weighted by molar-refractivity contribution is 9.10. The minimum Gasteiger partial charge on any atom is -0.367 e. The molecule has 2 aromatic heterocycles. The number of carbonyl (C=O) groups is 1. The van der Waals surface area contributed by atoms with Crippen molar-refractivity contribution in [1.82, 2.24) is 14.7 Å². The van der Waals surface area contributed by atoms with E-state index in [0.29, 0.717) is 18.1 Å². The molecular weight excluding hydrogens is 612 g/mol. The second kappa shape index (κ2) is 12.2. The summed E-state index contributed by atoms with van der Waals surface area (Å²) in [6, 6.07) is 27.6. The summed E-state index contributed by atoms with van der Waals surface area (Å²) in [7, 11) is -3.49. The SMILES string of the molecule is O=C(CCS(=O)(=O)c1ccccc1)NCc1ccc(CNc2cc(-c3ccccc3Cl)nc3c(Br)ccn23)cc1. The van der Waals surface area contributed by atoms with E-state index in [1.807, 2.05) is 71.3 Å². The van der Waals surface area contributed by atoms with Crippen molar-refractivity contribution >= 4 is 54.7 Å². The van der Waals surface area contributed by atoms with Crippen LogP contribution < -0.4 is 10.6 Å². The largest absolute Gasteiger partial charge is 0.367 e. The van der Waals surface area contributed by atoms with Crippen LogP contribution in [-0.4, -0.2) is 29.5 Å². The molecule has 0 aliphatic rings. The fraction of sp³-hybridized carbons (Fsp3) is 0.133. The fourth-order valence-electron chi connectivity index (χ4n) is 4.22. The Labute approximate surface area is 246 Å². The van der Waals surface area contributed by atoms with E-state index in [9.17, 15) is 13.2 Å². The van der Waals surface area contributed by atoms with Gasteiger partial charge in [-0.2, -0.15) is 0 Å². The molecule has 7 nitrogen and oxygen atoms in total. The van der Waals surface area contributed by atoms with E-state index in [2.05, 4.69) is 26.6 Å². The maximum atomic E-state index is 12.4. The third-order valence-electron chi connectivity index (χ3n) is 6.41. The second-order valence-electron chi connectivity index (χ2n) is 9.19. The summed E-state index contributed by atoms with van der Waals surface area (Å²) in [5, 5.41) is 6.93. The van der Waals surface area contributed by atoms with Crippen LogP contribution in [0.1, 0.15) is 17.5 Å². The number of fused-ring (bicyclic) bond motifs is 1. The molecule has 40 heavy (non-hydrogen) atoms. The second-order valence-corrected chi connectivity index (χ2v) is 12.6. The Bertz CT molecular complexity index is 1760. The standard InChI is InChI=1S/C30H26BrClN4O3S/c31-25-14-16-36-28(18-27(35-30(25)36)24-8-4-5-9-26(24)32)33-19-21-10-12-22(13-11-21)20-34-29(37)15-17-40(38,39)23-6-2-1-3-7-23/h1-14,16,18,33H,15,17,19-20H2,(H,34,37). The zero-order valence-corrected chi connectivity index (χ0v) is 24.5. The Balaban J connectivity index is 1.19. The average molecular weight is 638 g/mol. The summed E-state index contributed by atoms with van der Waals surface area (Å²) < 4.78 is 27.6. The van der Waals surface area contributed by atoms with E-state index >= 15 is 0 Å². The van der Waals surface area contributed by atoms with Gasteiger partial charge in [-0.05, 0) is 51.3 Å². The van der Waals surface area contributed by atoms with Crippen LogP contribution >= 0.6 is 27.5 Å². The number of hydrogen-bond donors (Lipinski definition) is 2. The van der Waals surface area contributed by atoms with Crippen molar-refractivity contribution in [2.24, 2.45) is 0 Å². The first-order valence-corrected chi connectivity index (χ1v) is 15.4. The molecule has 1 amide bonds. The first kappa shape index (κ1) is 27.9. The maximum absolute atomic E-state index is 12.4. The number of aromatic nitrogens is 2. The van der Waals surface area contributed by atoms with Gasteiger partial charge in [-0.15, -0.1) is 0 Å². The summed E-state index contributed by atoms with van der Waals surface area (Å²) in [5.74, 6) is 0.331. The predicted molar refractivity (Wildman–Crippen MR) is 162 cm³/mol. The van der Waals surface area contributed by atoms with Crippen LogP contribution in [0.25, 0.3) is 16.9 Å². The third-order valence-corrected chi connectivity index (χ3v) is 9.09. The van der Waals surface area contributed by atoms with Gasteiger partial charge < -0.3 is 10.6 Å². The van der Waals surface area contributed by atoms with Gasteiger partial charge in [0.25, 0.3) is 0 Å². The molecule has 0 radical (unpaired) electrons. The molecule has 5 rings (SSSR count). The number of anilines is 1. The summed E-state index contributed by atoms with van der Waals surface area (Å²) in [6.45, 7) is 0.891. The molecule has 10 heteroatoms. The number of hydrogen-bond acceptors (Lipinski definition) is 5. The molecular formula is C30H26BrClN4O3S. The van der Waals surface area contributed by atoms with Crippen LogP contribution in [-0.2, 0) is 27.7 Å². The van der Waals surface area contributed by atoms with Gasteiger partial charge in [0.05, 0.1) is 20.8 Å². The molecule has 2 heterocycles. The van der Waals surface area contributed by atoms with Crippen LogP contribution in [0.2, 0.25) is 5.02 Å². The van der Waals surface area contributed by atoms with Crippen molar-refractivity contribution in [2.75, 3.05) is 11.1 Å². The monoisotopic (exact) mass is 636 g/mol. The van der Waals surface area contributed by atoms with Crippen molar-refractivity contribution in [1.29, 1.82) is 0 Å². The number of benzene rings is 3. The van der Waals surface area contributed by atoms with Gasteiger partial charge in [-0.25, -0.2) is 13.4 Å². The molecule has 0 unspecified atom stereocenters. The van der Waals surface area contributed by atoms with E-state index in [0.717, 1.165) is 38.3 Å². The first-order chi connectivity index (χ1) is 19.3. The lowest BCUT2D eigenvalue weighted by Crippen LogP contribution is -2.25. The van der Waals surface area contributed by atoms with Crippen molar-refractivity contribution in [3.8, 4) is 11.3 Å². The van der Waals surface area contributed by atoms with Crippen LogP contribution in [0.5, 0.6) is 0 Å². The van der Waals surface area contributed by atoms with Gasteiger partial charge in [-0.3, -0.25) is 9.20 Å². The van der Waals surface area contributed by atoms with Crippen LogP contribution in [0.4, 0.5) is 5.82 Å². The highest BCUT2D eigenvalue weighted by Gasteiger charge is 2.16. The Morgan fingerprint density at radius 2 is 1.57 bits per heavy atom. The molecule has 0 saturated heterocycles. The number of amides is 1. The van der Waals surface area contributed by atoms with Gasteiger partial charge in [0.1, 0.15) is 5.82 Å². The highest BCUT2D eigenvalue weighted by atomic mass is 79.9. The molecule has 0 atom stereocenters. The van der Waals surface area contributed by atoms with E-state index in [-0.39, 0.29) is 23.0 Å². The van der Waals surface area contributed by atoms with Crippen molar-refractivity contribution in [3.05, 3.63) is 118 Å². The summed E-state index contributed by atoms with van der Waals surface area (Å²) >= 11 is 10.0. The highest BCUT2D eigenvalue weighted by Crippen LogP contribution is 2.31. The number of halogens is 2. The van der Waals surface area contributed by atoms with Crippen molar-refractivity contribution in [2.45, 2.75) is 24.4 Å². The van der Waals surface area contributed by atoms with E-state index in [4.69, 9.17) is 16.6 Å². The third kappa shape index (κ3) is 6.55. The molecule has 0 saturated carbocycles. The summed E-state index contributed by atoms with van der Waals surface area (Å²) in [6.07, 6.45) is 1.85. The summed E-state index contributed by atoms with van der Waals surface area (Å²) in [4.78, 5) is 17.3. The van der Waals surface area contributed by atoms with Gasteiger partial charge in [0.2, 0.25) is 5.91 Å². The Morgan fingerprint density at radius 3 is 2.30 bits per heavy atom. The lowest BCUT2D eigenvalue weighted by Gasteiger charge is -2.13. The van der Waals surface area contributed by atoms with Crippen molar-refractivity contribution < 1.29 is 13.2 Å². The number of carbonyl (C=O) groups excluding carboxylic acids is 1. The molecule has 3 aromatic carbocycles. The normalized spacial score (nSPS) is 11.4. The Morgan fingerprint density at radius 1 is 0.900 bits per heavy atom. The maximum Gasteiger partial charge on any atom is 0.221 e. The molecule has 0 fully saturated rings. The average Bonchev–Trinajstić information content (AvgIpc) is 3.35. The van der Waals surface area contributed by atoms with Crippen LogP contribution in [0.3, 0.4) is 0 Å². The predicted octanol–water partition coefficient (Wildman–Crippen LogP) is 6.51. The molecule has 0 aliphatic carbocycles. The first-order valence-electron chi connectivity index (χ1n) is 12.6. The Hall–Kier alpha value is -3.66. The number of sulfone groups is 1. The molecule has 5 aromatic rings. The molecule has 204 valence electrons. The minimum absolute atomic E-state index is 0.0919. The molecule has 2 N–H and O–H groups in total. The molecule has 0 spiro atoms. The van der Waals surface area contributed by atoms with E-state index < -0.39 is 9.84 Å². The molecule has 0 aliphatic heterocycles. The number of rotatable bonds is 10. The lowest BCUT2D eigenvalue weighted by atomic mass is 10.1. The fourth-order valence-corrected chi connectivity index (χ4v) is 6.11. The Kier molecular flexibility index (Phi) is 8.54. The van der Waals surface area contributed by atoms with Crippen molar-refractivity contribution in [3.63, 3.8) is 0 Å². The smallest absolute Gasteiger partial charge is 0.221 e. The quantitative estimate of drug-likeness (QED) is 0.182. The van der Waals surface area contributed by atoms with Crippen LogP contribution in [0.15, 0.2) is 107 Å². The van der Waals surface area contributed by atoms with Gasteiger partial charge in [-0.1, -0.05) is 72.3 Å². The van der Waals surface area contributed by atoms with Gasteiger partial charge in [0, 0.05) is 42.4 Å². The zero-order chi connectivity index (χ0) is 28.1. The van der Waals surface area contributed by atoms with E-state index in [1.165, 1.54) is 12.1 Å². The number of nitrogens with zero attached hydrogens (tertiary/aromatic N) is 2. The minimum atomic E-state index is -3.49. The molecule has 0 bridgehead atoms. The van der Waals surface area contributed by atoms with E-state index in [1.54, 1.807) is 18.2 Å². The van der Waals surface area contributed by atoms with Gasteiger partial charge >= 0.3 is 0 Å². The number of nitrogens with one attached hydrogen (secondary N) is 2. The zero-order valence-electron chi connectivity index (χ0n) is 21.3.